The van der Waals surface area contributed by atoms with Crippen molar-refractivity contribution in [1.29, 1.82) is 0 Å². The molecular formula is C11H16BrNO2S. The summed E-state index contributed by atoms with van der Waals surface area (Å²) >= 11 is 5.32. The highest BCUT2D eigenvalue weighted by atomic mass is 79.9. The lowest BCUT2D eigenvalue weighted by atomic mass is 10.1. The number of ether oxygens (including phenoxy) is 2. The van der Waals surface area contributed by atoms with Crippen LogP contribution in [-0.4, -0.2) is 33.0 Å². The third kappa shape index (κ3) is 2.65. The second-order valence-electron chi connectivity index (χ2n) is 3.86. The maximum atomic E-state index is 5.74. The van der Waals surface area contributed by atoms with Crippen molar-refractivity contribution in [2.45, 2.75) is 19.1 Å². The first kappa shape index (κ1) is 12.5. The second kappa shape index (κ2) is 5.60. The summed E-state index contributed by atoms with van der Waals surface area (Å²) in [7, 11) is 1.96. The highest BCUT2D eigenvalue weighted by Gasteiger charge is 2.26. The van der Waals surface area contributed by atoms with Gasteiger partial charge in [-0.05, 0) is 41.5 Å². The van der Waals surface area contributed by atoms with Crippen LogP contribution in [0.15, 0.2) is 9.85 Å². The Hall–Kier alpha value is 0.0600. The van der Waals surface area contributed by atoms with E-state index in [0.717, 1.165) is 0 Å². The van der Waals surface area contributed by atoms with Gasteiger partial charge in [-0.2, -0.15) is 0 Å². The molecule has 0 radical (unpaired) electrons. The molecule has 1 N–H and O–H groups in total. The van der Waals surface area contributed by atoms with Gasteiger partial charge in [0.1, 0.15) is 6.10 Å². The molecule has 1 aromatic heterocycles. The minimum absolute atomic E-state index is 0.115. The Labute approximate surface area is 108 Å². The highest BCUT2D eigenvalue weighted by Crippen LogP contribution is 2.33. The third-order valence-electron chi connectivity index (χ3n) is 2.71. The molecule has 0 amide bonds. The van der Waals surface area contributed by atoms with E-state index in [-0.39, 0.29) is 12.1 Å². The molecule has 1 aliphatic heterocycles. The summed E-state index contributed by atoms with van der Waals surface area (Å²) in [4.78, 5) is 1.29. The monoisotopic (exact) mass is 305 g/mol. The molecule has 0 bridgehead atoms. The molecule has 1 aromatic rings. The van der Waals surface area contributed by atoms with Crippen LogP contribution in [-0.2, 0) is 9.47 Å². The van der Waals surface area contributed by atoms with E-state index in [1.54, 1.807) is 11.3 Å². The Morgan fingerprint density at radius 2 is 2.38 bits per heavy atom. The van der Waals surface area contributed by atoms with Gasteiger partial charge in [-0.1, -0.05) is 0 Å². The van der Waals surface area contributed by atoms with Crippen molar-refractivity contribution in [3.63, 3.8) is 0 Å². The van der Waals surface area contributed by atoms with E-state index in [2.05, 4.69) is 34.2 Å². The lowest BCUT2D eigenvalue weighted by Gasteiger charge is -2.29. The molecule has 0 spiro atoms. The van der Waals surface area contributed by atoms with Crippen molar-refractivity contribution in [3.05, 3.63) is 20.3 Å². The third-order valence-corrected chi connectivity index (χ3v) is 4.93. The van der Waals surface area contributed by atoms with Gasteiger partial charge in [0.2, 0.25) is 0 Å². The molecule has 5 heteroatoms. The molecule has 1 saturated heterocycles. The molecule has 1 fully saturated rings. The van der Waals surface area contributed by atoms with E-state index in [1.807, 2.05) is 7.05 Å². The zero-order chi connectivity index (χ0) is 11.5. The van der Waals surface area contributed by atoms with Gasteiger partial charge in [-0.15, -0.1) is 11.3 Å². The average molecular weight is 306 g/mol. The molecule has 90 valence electrons. The van der Waals surface area contributed by atoms with Crippen LogP contribution in [0.3, 0.4) is 0 Å². The van der Waals surface area contributed by atoms with Crippen LogP contribution in [0, 0.1) is 6.92 Å². The predicted octanol–water partition coefficient (Wildman–Crippen LogP) is 2.49. The highest BCUT2D eigenvalue weighted by molar-refractivity contribution is 9.11. The van der Waals surface area contributed by atoms with Crippen molar-refractivity contribution >= 4 is 27.3 Å². The van der Waals surface area contributed by atoms with Crippen molar-refractivity contribution in [2.75, 3.05) is 26.9 Å². The topological polar surface area (TPSA) is 30.5 Å². The molecule has 0 aliphatic carbocycles. The number of nitrogens with one attached hydrogen (secondary N) is 1. The smallest absolute Gasteiger partial charge is 0.101 e. The van der Waals surface area contributed by atoms with E-state index in [4.69, 9.17) is 9.47 Å². The van der Waals surface area contributed by atoms with Crippen molar-refractivity contribution in [3.8, 4) is 0 Å². The molecule has 0 saturated carbocycles. The molecule has 0 aromatic carbocycles. The van der Waals surface area contributed by atoms with Crippen LogP contribution in [0.4, 0.5) is 0 Å². The average Bonchev–Trinajstić information content (AvgIpc) is 2.61. The van der Waals surface area contributed by atoms with Gasteiger partial charge in [0.25, 0.3) is 0 Å². The molecule has 2 atom stereocenters. The quantitative estimate of drug-likeness (QED) is 0.931. The minimum atomic E-state index is 0.115. The number of hydrogen-bond acceptors (Lipinski definition) is 4. The Morgan fingerprint density at radius 1 is 1.56 bits per heavy atom. The largest absolute Gasteiger partial charge is 0.376 e. The van der Waals surface area contributed by atoms with Crippen LogP contribution in [0.25, 0.3) is 0 Å². The summed E-state index contributed by atoms with van der Waals surface area (Å²) in [5, 5.41) is 3.31. The van der Waals surface area contributed by atoms with Crippen LogP contribution in [0.1, 0.15) is 16.5 Å². The zero-order valence-corrected chi connectivity index (χ0v) is 11.9. The number of thiophene rings is 1. The number of aryl methyl sites for hydroxylation is 1. The van der Waals surface area contributed by atoms with Crippen molar-refractivity contribution < 1.29 is 9.47 Å². The van der Waals surface area contributed by atoms with Gasteiger partial charge >= 0.3 is 0 Å². The van der Waals surface area contributed by atoms with Gasteiger partial charge in [-0.3, -0.25) is 0 Å². The number of hydrogen-bond donors (Lipinski definition) is 1. The van der Waals surface area contributed by atoms with Crippen LogP contribution < -0.4 is 5.32 Å². The summed E-state index contributed by atoms with van der Waals surface area (Å²) in [6.45, 7) is 4.17. The molecular weight excluding hydrogens is 290 g/mol. The van der Waals surface area contributed by atoms with Crippen molar-refractivity contribution in [2.24, 2.45) is 0 Å². The van der Waals surface area contributed by atoms with Gasteiger partial charge in [-0.25, -0.2) is 0 Å². The first-order valence-electron chi connectivity index (χ1n) is 5.35. The fourth-order valence-corrected chi connectivity index (χ4v) is 3.58. The number of halogens is 1. The second-order valence-corrected chi connectivity index (χ2v) is 6.26. The van der Waals surface area contributed by atoms with Gasteiger partial charge in [0.05, 0.1) is 29.6 Å². The number of rotatable bonds is 3. The maximum Gasteiger partial charge on any atom is 0.101 e. The van der Waals surface area contributed by atoms with Crippen molar-refractivity contribution in [1.82, 2.24) is 5.32 Å². The first-order chi connectivity index (χ1) is 7.72. The SMILES string of the molecule is CNC(c1cc(C)c(Br)s1)C1COCCO1. The molecule has 2 rings (SSSR count). The van der Waals surface area contributed by atoms with Gasteiger partial charge < -0.3 is 14.8 Å². The Morgan fingerprint density at radius 3 is 2.88 bits per heavy atom. The van der Waals surface area contributed by atoms with E-state index in [9.17, 15) is 0 Å². The standard InChI is InChI=1S/C11H16BrNO2S/c1-7-5-9(16-11(7)12)10(13-2)8-6-14-3-4-15-8/h5,8,10,13H,3-4,6H2,1-2H3. The zero-order valence-electron chi connectivity index (χ0n) is 9.46. The van der Waals surface area contributed by atoms with E-state index in [1.165, 1.54) is 14.2 Å². The summed E-state index contributed by atoms with van der Waals surface area (Å²) in [6, 6.07) is 2.42. The summed E-state index contributed by atoms with van der Waals surface area (Å²) in [5.41, 5.74) is 1.27. The molecule has 16 heavy (non-hydrogen) atoms. The summed E-state index contributed by atoms with van der Waals surface area (Å²) < 4.78 is 12.4. The molecule has 2 unspecified atom stereocenters. The summed E-state index contributed by atoms with van der Waals surface area (Å²) in [5.74, 6) is 0. The molecule has 3 nitrogen and oxygen atoms in total. The Bertz CT molecular complexity index is 330. The van der Waals surface area contributed by atoms with E-state index >= 15 is 0 Å². The van der Waals surface area contributed by atoms with Crippen LogP contribution >= 0.6 is 27.3 Å². The lowest BCUT2D eigenvalue weighted by molar-refractivity contribution is -0.101. The lowest BCUT2D eigenvalue weighted by Crippen LogP contribution is -2.38. The fraction of sp³-hybridized carbons (Fsp3) is 0.636. The molecule has 1 aliphatic rings. The first-order valence-corrected chi connectivity index (χ1v) is 6.95. The number of likely N-dealkylation sites (N-methyl/N-ethyl adjacent to an activating group) is 1. The minimum Gasteiger partial charge on any atom is -0.376 e. The van der Waals surface area contributed by atoms with E-state index in [0.29, 0.717) is 19.8 Å². The van der Waals surface area contributed by atoms with Gasteiger partial charge in [0, 0.05) is 4.88 Å². The summed E-state index contributed by atoms with van der Waals surface area (Å²) in [6.07, 6.45) is 0.115. The van der Waals surface area contributed by atoms with Crippen LogP contribution in [0.2, 0.25) is 0 Å². The Kier molecular flexibility index (Phi) is 4.38. The fourth-order valence-electron chi connectivity index (χ4n) is 1.85. The van der Waals surface area contributed by atoms with Crippen LogP contribution in [0.5, 0.6) is 0 Å². The maximum absolute atomic E-state index is 5.74. The predicted molar refractivity (Wildman–Crippen MR) is 69.1 cm³/mol. The van der Waals surface area contributed by atoms with Gasteiger partial charge in [0.15, 0.2) is 0 Å². The Balaban J connectivity index is 2.14. The molecule has 2 heterocycles. The normalized spacial score (nSPS) is 23.3. The van der Waals surface area contributed by atoms with E-state index < -0.39 is 0 Å².